The number of benzene rings is 1. The standard InChI is InChI=1S/C18H16N6O2/c19-17(23-25)12-3-1-11(2-4-12)15-7-5-13(9-21-15)14-6-8-16(22-10-14)18(20)24-26/h1-10,25-26H,(H2,19,23)(H2,20,24). The van der Waals surface area contributed by atoms with Gasteiger partial charge in [-0.3, -0.25) is 9.97 Å². The summed E-state index contributed by atoms with van der Waals surface area (Å²) in [7, 11) is 0. The van der Waals surface area contributed by atoms with E-state index in [0.29, 0.717) is 11.3 Å². The van der Waals surface area contributed by atoms with Gasteiger partial charge in [-0.1, -0.05) is 46.7 Å². The molecule has 0 fully saturated rings. The van der Waals surface area contributed by atoms with Gasteiger partial charge in [0.05, 0.1) is 5.69 Å². The van der Waals surface area contributed by atoms with Crippen LogP contribution in [0.4, 0.5) is 0 Å². The van der Waals surface area contributed by atoms with Crippen molar-refractivity contribution in [2.45, 2.75) is 0 Å². The van der Waals surface area contributed by atoms with E-state index in [0.717, 1.165) is 22.4 Å². The van der Waals surface area contributed by atoms with Crippen LogP contribution in [0.25, 0.3) is 22.4 Å². The van der Waals surface area contributed by atoms with Crippen LogP contribution in [0.1, 0.15) is 11.3 Å². The number of hydrogen-bond acceptors (Lipinski definition) is 6. The minimum Gasteiger partial charge on any atom is -0.409 e. The van der Waals surface area contributed by atoms with Crippen LogP contribution >= 0.6 is 0 Å². The fourth-order valence-corrected chi connectivity index (χ4v) is 2.37. The molecule has 0 amide bonds. The molecule has 3 rings (SSSR count). The first-order valence-corrected chi connectivity index (χ1v) is 7.61. The maximum atomic E-state index is 8.69. The van der Waals surface area contributed by atoms with E-state index in [-0.39, 0.29) is 11.7 Å². The van der Waals surface area contributed by atoms with Gasteiger partial charge in [0, 0.05) is 34.6 Å². The van der Waals surface area contributed by atoms with Crippen LogP contribution in [0.5, 0.6) is 0 Å². The van der Waals surface area contributed by atoms with E-state index in [4.69, 9.17) is 21.9 Å². The average Bonchev–Trinajstić information content (AvgIpc) is 2.73. The van der Waals surface area contributed by atoms with Gasteiger partial charge < -0.3 is 21.9 Å². The molecule has 8 heteroatoms. The number of hydrogen-bond donors (Lipinski definition) is 4. The highest BCUT2D eigenvalue weighted by molar-refractivity contribution is 5.97. The molecule has 3 aromatic rings. The van der Waals surface area contributed by atoms with Gasteiger partial charge in [-0.2, -0.15) is 0 Å². The molecule has 2 aromatic heterocycles. The van der Waals surface area contributed by atoms with Gasteiger partial charge in [0.1, 0.15) is 5.69 Å². The zero-order valence-corrected chi connectivity index (χ0v) is 13.6. The molecule has 8 nitrogen and oxygen atoms in total. The third-order valence-corrected chi connectivity index (χ3v) is 3.81. The highest BCUT2D eigenvalue weighted by Gasteiger charge is 2.05. The Morgan fingerprint density at radius 2 is 1.27 bits per heavy atom. The van der Waals surface area contributed by atoms with Crippen molar-refractivity contribution in [1.29, 1.82) is 0 Å². The Labute approximate surface area is 149 Å². The third kappa shape index (κ3) is 3.44. The molecule has 2 heterocycles. The van der Waals surface area contributed by atoms with Crippen LogP contribution < -0.4 is 11.5 Å². The summed E-state index contributed by atoms with van der Waals surface area (Å²) in [5.74, 6) is 0.0167. The first kappa shape index (κ1) is 16.9. The van der Waals surface area contributed by atoms with Crippen LogP contribution in [0.15, 0.2) is 71.2 Å². The third-order valence-electron chi connectivity index (χ3n) is 3.81. The summed E-state index contributed by atoms with van der Waals surface area (Å²) in [5, 5.41) is 23.2. The van der Waals surface area contributed by atoms with Crippen molar-refractivity contribution in [3.8, 4) is 22.4 Å². The van der Waals surface area contributed by atoms with Crippen molar-refractivity contribution in [1.82, 2.24) is 9.97 Å². The fraction of sp³-hybridized carbons (Fsp3) is 0. The molecular weight excluding hydrogens is 332 g/mol. The molecule has 0 spiro atoms. The minimum atomic E-state index is -0.0413. The molecule has 0 saturated carbocycles. The maximum absolute atomic E-state index is 8.69. The summed E-state index contributed by atoms with van der Waals surface area (Å²) in [5.41, 5.74) is 15.5. The molecule has 6 N–H and O–H groups in total. The van der Waals surface area contributed by atoms with E-state index in [1.54, 1.807) is 30.6 Å². The summed E-state index contributed by atoms with van der Waals surface area (Å²) in [6, 6.07) is 14.5. The molecule has 0 aliphatic heterocycles. The van der Waals surface area contributed by atoms with Gasteiger partial charge in [-0.15, -0.1) is 0 Å². The number of aromatic nitrogens is 2. The van der Waals surface area contributed by atoms with Crippen LogP contribution in [0.2, 0.25) is 0 Å². The van der Waals surface area contributed by atoms with Crippen molar-refractivity contribution in [3.05, 3.63) is 72.2 Å². The molecule has 0 aliphatic carbocycles. The summed E-state index contributed by atoms with van der Waals surface area (Å²) >= 11 is 0. The lowest BCUT2D eigenvalue weighted by molar-refractivity contribution is 0.318. The second kappa shape index (κ2) is 7.31. The van der Waals surface area contributed by atoms with E-state index in [1.165, 1.54) is 0 Å². The van der Waals surface area contributed by atoms with Crippen molar-refractivity contribution in [3.63, 3.8) is 0 Å². The van der Waals surface area contributed by atoms with E-state index < -0.39 is 0 Å². The van der Waals surface area contributed by atoms with Gasteiger partial charge in [0.25, 0.3) is 0 Å². The van der Waals surface area contributed by atoms with E-state index in [9.17, 15) is 0 Å². The normalized spacial score (nSPS) is 12.2. The summed E-state index contributed by atoms with van der Waals surface area (Å²) in [6.45, 7) is 0. The lowest BCUT2D eigenvalue weighted by Crippen LogP contribution is -2.14. The van der Waals surface area contributed by atoms with Crippen molar-refractivity contribution >= 4 is 11.7 Å². The van der Waals surface area contributed by atoms with Gasteiger partial charge >= 0.3 is 0 Å². The minimum absolute atomic E-state index is 0.0413. The molecule has 0 aliphatic rings. The Morgan fingerprint density at radius 1 is 0.692 bits per heavy atom. The first-order chi connectivity index (χ1) is 12.6. The largest absolute Gasteiger partial charge is 0.409 e. The summed E-state index contributed by atoms with van der Waals surface area (Å²) < 4.78 is 0. The lowest BCUT2D eigenvalue weighted by atomic mass is 10.1. The maximum Gasteiger partial charge on any atom is 0.188 e. The van der Waals surface area contributed by atoms with Crippen molar-refractivity contribution in [2.24, 2.45) is 21.8 Å². The van der Waals surface area contributed by atoms with E-state index in [1.807, 2.05) is 30.3 Å². The predicted octanol–water partition coefficient (Wildman–Crippen LogP) is 2.00. The van der Waals surface area contributed by atoms with Gasteiger partial charge in [-0.25, -0.2) is 0 Å². The predicted molar refractivity (Wildman–Crippen MR) is 97.9 cm³/mol. The van der Waals surface area contributed by atoms with Crippen molar-refractivity contribution < 1.29 is 10.4 Å². The number of oxime groups is 2. The summed E-state index contributed by atoms with van der Waals surface area (Å²) in [6.07, 6.45) is 3.38. The number of nitrogens with zero attached hydrogens (tertiary/aromatic N) is 4. The van der Waals surface area contributed by atoms with E-state index >= 15 is 0 Å². The molecule has 1 aromatic carbocycles. The van der Waals surface area contributed by atoms with Crippen molar-refractivity contribution in [2.75, 3.05) is 0 Å². The zero-order valence-electron chi connectivity index (χ0n) is 13.6. The number of nitrogens with two attached hydrogens (primary N) is 2. The Morgan fingerprint density at radius 3 is 1.77 bits per heavy atom. The molecule has 0 bridgehead atoms. The highest BCUT2D eigenvalue weighted by Crippen LogP contribution is 2.22. The molecule has 0 unspecified atom stereocenters. The zero-order chi connectivity index (χ0) is 18.5. The fourth-order valence-electron chi connectivity index (χ4n) is 2.37. The number of amidine groups is 2. The Balaban J connectivity index is 1.82. The molecule has 0 radical (unpaired) electrons. The van der Waals surface area contributed by atoms with Gasteiger partial charge in [-0.05, 0) is 12.1 Å². The quantitative estimate of drug-likeness (QED) is 0.246. The lowest BCUT2D eigenvalue weighted by Gasteiger charge is -2.06. The molecule has 0 saturated heterocycles. The molecule has 130 valence electrons. The van der Waals surface area contributed by atoms with Crippen LogP contribution in [-0.2, 0) is 0 Å². The Bertz CT molecular complexity index is 868. The van der Waals surface area contributed by atoms with Crippen LogP contribution in [0, 0.1) is 0 Å². The molecular formula is C18H16N6O2. The smallest absolute Gasteiger partial charge is 0.188 e. The van der Waals surface area contributed by atoms with Gasteiger partial charge in [0.2, 0.25) is 0 Å². The monoisotopic (exact) mass is 348 g/mol. The molecule has 26 heavy (non-hydrogen) atoms. The second-order valence-corrected chi connectivity index (χ2v) is 5.41. The van der Waals surface area contributed by atoms with Crippen LogP contribution in [-0.4, -0.2) is 32.1 Å². The van der Waals surface area contributed by atoms with Crippen LogP contribution in [0.3, 0.4) is 0 Å². The second-order valence-electron chi connectivity index (χ2n) is 5.41. The van der Waals surface area contributed by atoms with E-state index in [2.05, 4.69) is 20.3 Å². The topological polar surface area (TPSA) is 143 Å². The van der Waals surface area contributed by atoms with Gasteiger partial charge in [0.15, 0.2) is 11.7 Å². The highest BCUT2D eigenvalue weighted by atomic mass is 16.4. The summed E-state index contributed by atoms with van der Waals surface area (Å²) in [4.78, 5) is 8.62. The average molecular weight is 348 g/mol. The number of rotatable bonds is 4. The Hall–Kier alpha value is -3.94. The SMILES string of the molecule is N/C(=N\O)c1ccc(-c2ccc(-c3ccc(/C(N)=N\O)cc3)nc2)cn1. The first-order valence-electron chi connectivity index (χ1n) is 7.61. The number of pyridine rings is 2. The molecule has 0 atom stereocenters. The Kier molecular flexibility index (Phi) is 4.75.